The van der Waals surface area contributed by atoms with Gasteiger partial charge >= 0.3 is 0 Å². The molecule has 18 heavy (non-hydrogen) atoms. The van der Waals surface area contributed by atoms with Crippen LogP contribution in [0.5, 0.6) is 0 Å². The zero-order valence-electron chi connectivity index (χ0n) is 10.6. The first-order valence-corrected chi connectivity index (χ1v) is 6.85. The third-order valence-corrected chi connectivity index (χ3v) is 3.94. The molecule has 3 rings (SSSR count). The zero-order valence-corrected chi connectivity index (χ0v) is 10.6. The molecule has 0 radical (unpaired) electrons. The fourth-order valence-electron chi connectivity index (χ4n) is 2.88. The summed E-state index contributed by atoms with van der Waals surface area (Å²) in [6.07, 6.45) is 4.97. The Labute approximate surface area is 108 Å². The topological polar surface area (TPSA) is 29.5 Å². The number of hydrogen-bond acceptors (Lipinski definition) is 2. The molecule has 3 heteroatoms. The quantitative estimate of drug-likeness (QED) is 0.760. The van der Waals surface area contributed by atoms with Crippen molar-refractivity contribution in [2.75, 3.05) is 13.2 Å². The molecule has 3 nitrogen and oxygen atoms in total. The van der Waals surface area contributed by atoms with Gasteiger partial charge in [0.25, 0.3) is 0 Å². The van der Waals surface area contributed by atoms with Crippen molar-refractivity contribution in [1.82, 2.24) is 5.06 Å². The third-order valence-electron chi connectivity index (χ3n) is 3.94. The van der Waals surface area contributed by atoms with Crippen LogP contribution in [0.15, 0.2) is 24.3 Å². The lowest BCUT2D eigenvalue weighted by atomic mass is 9.83. The molecule has 0 aromatic heterocycles. The van der Waals surface area contributed by atoms with Gasteiger partial charge in [0.1, 0.15) is 0 Å². The minimum absolute atomic E-state index is 0.109. The Kier molecular flexibility index (Phi) is 3.33. The largest absolute Gasteiger partial charge is 0.272 e. The normalized spacial score (nSPS) is 23.6. The first kappa shape index (κ1) is 11.7. The summed E-state index contributed by atoms with van der Waals surface area (Å²) < 4.78 is 0. The van der Waals surface area contributed by atoms with E-state index >= 15 is 0 Å². The minimum atomic E-state index is 0.109. The van der Waals surface area contributed by atoms with E-state index in [2.05, 4.69) is 24.3 Å². The lowest BCUT2D eigenvalue weighted by Gasteiger charge is -2.31. The average molecular weight is 245 g/mol. The average Bonchev–Trinajstić information content (AvgIpc) is 2.47. The van der Waals surface area contributed by atoms with Crippen LogP contribution in [0.3, 0.4) is 0 Å². The first-order valence-electron chi connectivity index (χ1n) is 6.85. The van der Waals surface area contributed by atoms with Gasteiger partial charge in [0, 0.05) is 12.5 Å². The van der Waals surface area contributed by atoms with Gasteiger partial charge in [-0.25, -0.2) is 5.06 Å². The van der Waals surface area contributed by atoms with Crippen LogP contribution in [-0.4, -0.2) is 24.1 Å². The smallest absolute Gasteiger partial charge is 0.249 e. The zero-order chi connectivity index (χ0) is 12.4. The number of benzene rings is 1. The molecule has 1 amide bonds. The molecule has 1 saturated heterocycles. The van der Waals surface area contributed by atoms with E-state index < -0.39 is 0 Å². The number of fused-ring (bicyclic) bond motifs is 1. The fraction of sp³-hybridized carbons (Fsp3) is 0.533. The van der Waals surface area contributed by atoms with Crippen molar-refractivity contribution < 1.29 is 9.63 Å². The van der Waals surface area contributed by atoms with E-state index in [4.69, 9.17) is 4.84 Å². The van der Waals surface area contributed by atoms with E-state index in [0.29, 0.717) is 6.61 Å². The van der Waals surface area contributed by atoms with Crippen LogP contribution < -0.4 is 0 Å². The monoisotopic (exact) mass is 245 g/mol. The standard InChI is InChI=1S/C15H19NO2/c17-15(16-9-3-4-10-18-16)14-8-7-12-5-1-2-6-13(12)11-14/h1-2,5-6,14H,3-4,7-11H2. The predicted octanol–water partition coefficient (Wildman–Crippen LogP) is 2.35. The van der Waals surface area contributed by atoms with E-state index in [9.17, 15) is 4.79 Å². The highest BCUT2D eigenvalue weighted by molar-refractivity contribution is 5.78. The minimum Gasteiger partial charge on any atom is -0.272 e. The van der Waals surface area contributed by atoms with Gasteiger partial charge in [0.15, 0.2) is 0 Å². The molecular formula is C15H19NO2. The van der Waals surface area contributed by atoms with E-state index in [0.717, 1.165) is 38.6 Å². The molecule has 1 unspecified atom stereocenters. The highest BCUT2D eigenvalue weighted by Gasteiger charge is 2.29. The van der Waals surface area contributed by atoms with Crippen LogP contribution in [0.2, 0.25) is 0 Å². The summed E-state index contributed by atoms with van der Waals surface area (Å²) in [5, 5.41) is 1.60. The van der Waals surface area contributed by atoms with Gasteiger partial charge in [-0.2, -0.15) is 0 Å². The molecule has 0 N–H and O–H groups in total. The Balaban J connectivity index is 1.69. The fourth-order valence-corrected chi connectivity index (χ4v) is 2.88. The summed E-state index contributed by atoms with van der Waals surface area (Å²) in [4.78, 5) is 17.8. The molecule has 1 aromatic carbocycles. The summed E-state index contributed by atoms with van der Waals surface area (Å²) in [7, 11) is 0. The van der Waals surface area contributed by atoms with E-state index in [1.807, 2.05) is 0 Å². The maximum Gasteiger partial charge on any atom is 0.249 e. The van der Waals surface area contributed by atoms with Gasteiger partial charge in [0.2, 0.25) is 5.91 Å². The second kappa shape index (κ2) is 5.11. The Morgan fingerprint density at radius 1 is 1.22 bits per heavy atom. The number of carbonyl (C=O) groups excluding carboxylic acids is 1. The SMILES string of the molecule is O=C(C1CCc2ccccc2C1)N1CCCCO1. The van der Waals surface area contributed by atoms with Crippen molar-refractivity contribution in [3.8, 4) is 0 Å². The van der Waals surface area contributed by atoms with Gasteiger partial charge in [-0.15, -0.1) is 0 Å². The van der Waals surface area contributed by atoms with Gasteiger partial charge in [0.05, 0.1) is 6.61 Å². The predicted molar refractivity (Wildman–Crippen MR) is 68.9 cm³/mol. The molecule has 1 heterocycles. The molecule has 1 atom stereocenters. The van der Waals surface area contributed by atoms with Crippen molar-refractivity contribution in [2.24, 2.45) is 5.92 Å². The van der Waals surface area contributed by atoms with Gasteiger partial charge < -0.3 is 0 Å². The van der Waals surface area contributed by atoms with E-state index in [1.165, 1.54) is 11.1 Å². The second-order valence-electron chi connectivity index (χ2n) is 5.19. The van der Waals surface area contributed by atoms with Crippen molar-refractivity contribution in [3.63, 3.8) is 0 Å². The number of nitrogens with zero attached hydrogens (tertiary/aromatic N) is 1. The Morgan fingerprint density at radius 2 is 2.06 bits per heavy atom. The summed E-state index contributed by atoms with van der Waals surface area (Å²) in [6.45, 7) is 1.45. The maximum atomic E-state index is 12.4. The Bertz CT molecular complexity index is 438. The molecule has 96 valence electrons. The van der Waals surface area contributed by atoms with Gasteiger partial charge in [-0.05, 0) is 43.2 Å². The summed E-state index contributed by atoms with van der Waals surface area (Å²) in [5.74, 6) is 0.294. The number of carbonyl (C=O) groups is 1. The highest BCUT2D eigenvalue weighted by atomic mass is 16.7. The van der Waals surface area contributed by atoms with Crippen LogP contribution in [0, 0.1) is 5.92 Å². The molecule has 2 aliphatic rings. The van der Waals surface area contributed by atoms with Crippen molar-refractivity contribution in [1.29, 1.82) is 0 Å². The van der Waals surface area contributed by atoms with Crippen LogP contribution >= 0.6 is 0 Å². The second-order valence-corrected chi connectivity index (χ2v) is 5.19. The molecule has 1 aromatic rings. The molecule has 1 fully saturated rings. The van der Waals surface area contributed by atoms with Crippen LogP contribution in [0.1, 0.15) is 30.4 Å². The Hall–Kier alpha value is -1.35. The number of hydrogen-bond donors (Lipinski definition) is 0. The van der Waals surface area contributed by atoms with Crippen molar-refractivity contribution in [3.05, 3.63) is 35.4 Å². The van der Waals surface area contributed by atoms with Crippen LogP contribution in [0.4, 0.5) is 0 Å². The molecule has 0 bridgehead atoms. The van der Waals surface area contributed by atoms with E-state index in [-0.39, 0.29) is 11.8 Å². The number of aryl methyl sites for hydroxylation is 1. The molecule has 0 saturated carbocycles. The summed E-state index contributed by atoms with van der Waals surface area (Å²) in [6, 6.07) is 8.46. The number of rotatable bonds is 1. The molecule has 1 aliphatic heterocycles. The van der Waals surface area contributed by atoms with Crippen LogP contribution in [0.25, 0.3) is 0 Å². The number of hydroxylamine groups is 2. The maximum absolute atomic E-state index is 12.4. The summed E-state index contributed by atoms with van der Waals surface area (Å²) in [5.41, 5.74) is 2.74. The Morgan fingerprint density at radius 3 is 2.83 bits per heavy atom. The summed E-state index contributed by atoms with van der Waals surface area (Å²) >= 11 is 0. The molecule has 0 spiro atoms. The van der Waals surface area contributed by atoms with Gasteiger partial charge in [-0.3, -0.25) is 9.63 Å². The molecular weight excluding hydrogens is 226 g/mol. The van der Waals surface area contributed by atoms with Crippen molar-refractivity contribution >= 4 is 5.91 Å². The van der Waals surface area contributed by atoms with Crippen molar-refractivity contribution in [2.45, 2.75) is 32.1 Å². The van der Waals surface area contributed by atoms with E-state index in [1.54, 1.807) is 5.06 Å². The van der Waals surface area contributed by atoms with Gasteiger partial charge in [-0.1, -0.05) is 24.3 Å². The number of amides is 1. The van der Waals surface area contributed by atoms with Crippen LogP contribution in [-0.2, 0) is 22.5 Å². The first-order chi connectivity index (χ1) is 8.84. The lowest BCUT2D eigenvalue weighted by Crippen LogP contribution is -2.41. The highest BCUT2D eigenvalue weighted by Crippen LogP contribution is 2.27. The third kappa shape index (κ3) is 2.27. The lowest BCUT2D eigenvalue weighted by molar-refractivity contribution is -0.201. The molecule has 1 aliphatic carbocycles.